The molecule has 0 aliphatic rings. The molecule has 0 radical (unpaired) electrons. The Morgan fingerprint density at radius 3 is 2.90 bits per heavy atom. The minimum atomic E-state index is -3.76. The van der Waals surface area contributed by atoms with E-state index in [1.807, 2.05) is 0 Å². The normalized spacial score (nSPS) is 10.8. The van der Waals surface area contributed by atoms with Crippen molar-refractivity contribution < 1.29 is 13.5 Å². The summed E-state index contributed by atoms with van der Waals surface area (Å²) in [5, 5.41) is 15.1. The van der Waals surface area contributed by atoms with Crippen molar-refractivity contribution in [2.75, 3.05) is 11.3 Å². The van der Waals surface area contributed by atoms with Gasteiger partial charge < -0.3 is 5.11 Å². The number of sulfonamides is 1. The van der Waals surface area contributed by atoms with Gasteiger partial charge in [0, 0.05) is 23.2 Å². The third-order valence-electron chi connectivity index (χ3n) is 2.47. The van der Waals surface area contributed by atoms with E-state index in [1.165, 1.54) is 18.5 Å². The zero-order valence-electron chi connectivity index (χ0n) is 10.8. The fourth-order valence-electron chi connectivity index (χ4n) is 1.51. The number of aromatic amines is 1. The van der Waals surface area contributed by atoms with E-state index in [9.17, 15) is 8.42 Å². The molecule has 0 fully saturated rings. The summed E-state index contributed by atoms with van der Waals surface area (Å²) in [5.74, 6) is 5.53. The van der Waals surface area contributed by atoms with E-state index in [2.05, 4.69) is 26.8 Å². The molecule has 8 heteroatoms. The van der Waals surface area contributed by atoms with Crippen LogP contribution in [0.5, 0.6) is 0 Å². The summed E-state index contributed by atoms with van der Waals surface area (Å²) in [6.45, 7) is -0.0589. The van der Waals surface area contributed by atoms with E-state index in [1.54, 1.807) is 12.1 Å². The average molecular weight is 326 g/mol. The lowest BCUT2D eigenvalue weighted by molar-refractivity contribution is 0.305. The van der Waals surface area contributed by atoms with Crippen molar-refractivity contribution in [3.8, 4) is 11.8 Å². The Morgan fingerprint density at radius 2 is 2.24 bits per heavy atom. The van der Waals surface area contributed by atoms with Crippen LogP contribution in [0.1, 0.15) is 12.0 Å². The number of halogens is 1. The third kappa shape index (κ3) is 3.98. The predicted molar refractivity (Wildman–Crippen MR) is 79.4 cm³/mol. The molecular weight excluding hydrogens is 314 g/mol. The largest absolute Gasteiger partial charge is 0.395 e. The maximum absolute atomic E-state index is 12.2. The van der Waals surface area contributed by atoms with Gasteiger partial charge in [-0.3, -0.25) is 9.82 Å². The lowest BCUT2D eigenvalue weighted by atomic mass is 10.2. The molecule has 0 bridgehead atoms. The highest BCUT2D eigenvalue weighted by molar-refractivity contribution is 7.92. The first-order valence-corrected chi connectivity index (χ1v) is 7.80. The number of aliphatic hydroxyl groups is 1. The van der Waals surface area contributed by atoms with E-state index in [0.29, 0.717) is 17.0 Å². The number of anilines is 1. The van der Waals surface area contributed by atoms with Gasteiger partial charge in [-0.05, 0) is 18.2 Å². The summed E-state index contributed by atoms with van der Waals surface area (Å²) in [6, 6.07) is 4.70. The molecule has 0 amide bonds. The average Bonchev–Trinajstić information content (AvgIpc) is 2.96. The van der Waals surface area contributed by atoms with Crippen LogP contribution in [0.4, 0.5) is 5.69 Å². The maximum atomic E-state index is 12.2. The highest BCUT2D eigenvalue weighted by atomic mass is 35.5. The third-order valence-corrected chi connectivity index (χ3v) is 4.04. The Bertz CT molecular complexity index is 777. The van der Waals surface area contributed by atoms with Crippen molar-refractivity contribution in [2.45, 2.75) is 11.3 Å². The first-order valence-electron chi connectivity index (χ1n) is 5.94. The van der Waals surface area contributed by atoms with Crippen molar-refractivity contribution in [3.63, 3.8) is 0 Å². The van der Waals surface area contributed by atoms with Crippen LogP contribution in [0, 0.1) is 11.8 Å². The lowest BCUT2D eigenvalue weighted by Gasteiger charge is -2.08. The minimum absolute atomic E-state index is 0.0109. The Balaban J connectivity index is 2.35. The van der Waals surface area contributed by atoms with Crippen LogP contribution in [-0.4, -0.2) is 30.3 Å². The molecule has 0 atom stereocenters. The Hall–Kier alpha value is -2.01. The van der Waals surface area contributed by atoms with Gasteiger partial charge >= 0.3 is 0 Å². The number of aromatic nitrogens is 2. The molecule has 110 valence electrons. The summed E-state index contributed by atoms with van der Waals surface area (Å²) >= 11 is 5.89. The number of rotatable bonds is 4. The first-order chi connectivity index (χ1) is 10.0. The second-order valence-electron chi connectivity index (χ2n) is 4.00. The van der Waals surface area contributed by atoms with Gasteiger partial charge in [0.15, 0.2) is 0 Å². The van der Waals surface area contributed by atoms with Crippen molar-refractivity contribution in [2.24, 2.45) is 0 Å². The summed E-state index contributed by atoms with van der Waals surface area (Å²) < 4.78 is 26.7. The van der Waals surface area contributed by atoms with E-state index in [0.717, 1.165) is 0 Å². The Kier molecular flexibility index (Phi) is 4.85. The van der Waals surface area contributed by atoms with Gasteiger partial charge in [0.2, 0.25) is 0 Å². The van der Waals surface area contributed by atoms with Crippen LogP contribution in [0.2, 0.25) is 5.02 Å². The van der Waals surface area contributed by atoms with Gasteiger partial charge in [-0.2, -0.15) is 5.10 Å². The molecule has 0 aliphatic carbocycles. The molecular formula is C13H12ClN3O3S. The van der Waals surface area contributed by atoms with Crippen molar-refractivity contribution in [1.29, 1.82) is 0 Å². The van der Waals surface area contributed by atoms with Crippen molar-refractivity contribution in [3.05, 3.63) is 41.2 Å². The molecule has 1 aromatic carbocycles. The van der Waals surface area contributed by atoms with Gasteiger partial charge in [-0.1, -0.05) is 23.4 Å². The summed E-state index contributed by atoms with van der Waals surface area (Å²) in [4.78, 5) is 0.0109. The van der Waals surface area contributed by atoms with Gasteiger partial charge in [0.25, 0.3) is 10.0 Å². The molecule has 2 rings (SSSR count). The number of nitrogens with zero attached hydrogens (tertiary/aromatic N) is 1. The number of hydrogen-bond donors (Lipinski definition) is 3. The highest BCUT2D eigenvalue weighted by Crippen LogP contribution is 2.23. The van der Waals surface area contributed by atoms with Crippen LogP contribution < -0.4 is 4.72 Å². The summed E-state index contributed by atoms with van der Waals surface area (Å²) in [6.07, 6.45) is 2.77. The molecule has 2 aromatic rings. The lowest BCUT2D eigenvalue weighted by Crippen LogP contribution is -2.13. The molecule has 0 spiro atoms. The van der Waals surface area contributed by atoms with Crippen LogP contribution in [0.25, 0.3) is 0 Å². The van der Waals surface area contributed by atoms with Crippen LogP contribution in [-0.2, 0) is 10.0 Å². The number of aliphatic hydroxyl groups excluding tert-OH is 1. The summed E-state index contributed by atoms with van der Waals surface area (Å²) in [5.41, 5.74) is 0.744. The molecule has 6 nitrogen and oxygen atoms in total. The van der Waals surface area contributed by atoms with E-state index >= 15 is 0 Å². The topological polar surface area (TPSA) is 95.1 Å². The molecule has 0 aliphatic heterocycles. The Morgan fingerprint density at radius 1 is 1.43 bits per heavy atom. The van der Waals surface area contributed by atoms with E-state index < -0.39 is 10.0 Å². The van der Waals surface area contributed by atoms with E-state index in [-0.39, 0.29) is 17.2 Å². The standard InChI is InChI=1S/C13H12ClN3O3S/c14-11-5-4-10(3-1-2-6-18)13(7-11)17-21(19,20)12-8-15-16-9-12/h4-5,7-9,17-18H,2,6H2,(H,15,16). The second-order valence-corrected chi connectivity index (χ2v) is 6.12. The molecule has 1 aromatic heterocycles. The maximum Gasteiger partial charge on any atom is 0.265 e. The fourth-order valence-corrected chi connectivity index (χ4v) is 2.66. The first kappa shape index (κ1) is 15.4. The second kappa shape index (κ2) is 6.63. The zero-order valence-corrected chi connectivity index (χ0v) is 12.4. The Labute approximate surface area is 127 Å². The predicted octanol–water partition coefficient (Wildman–Crippen LogP) is 1.60. The smallest absolute Gasteiger partial charge is 0.265 e. The number of hydrogen-bond acceptors (Lipinski definition) is 4. The minimum Gasteiger partial charge on any atom is -0.395 e. The van der Waals surface area contributed by atoms with Crippen LogP contribution in [0.3, 0.4) is 0 Å². The van der Waals surface area contributed by atoms with Gasteiger partial charge in [0.05, 0.1) is 18.5 Å². The molecule has 1 heterocycles. The highest BCUT2D eigenvalue weighted by Gasteiger charge is 2.17. The zero-order chi connectivity index (χ0) is 15.3. The van der Waals surface area contributed by atoms with Crippen LogP contribution in [0.15, 0.2) is 35.5 Å². The van der Waals surface area contributed by atoms with Gasteiger partial charge in [0.1, 0.15) is 4.90 Å². The van der Waals surface area contributed by atoms with Gasteiger partial charge in [-0.25, -0.2) is 8.42 Å². The van der Waals surface area contributed by atoms with E-state index in [4.69, 9.17) is 16.7 Å². The van der Waals surface area contributed by atoms with Gasteiger partial charge in [-0.15, -0.1) is 0 Å². The molecule has 0 saturated carbocycles. The quantitative estimate of drug-likeness (QED) is 0.744. The molecule has 0 unspecified atom stereocenters. The molecule has 21 heavy (non-hydrogen) atoms. The van der Waals surface area contributed by atoms with Crippen molar-refractivity contribution in [1.82, 2.24) is 10.2 Å². The number of benzene rings is 1. The summed E-state index contributed by atoms with van der Waals surface area (Å²) in [7, 11) is -3.76. The molecule has 0 saturated heterocycles. The fraction of sp³-hybridized carbons (Fsp3) is 0.154. The molecule has 3 N–H and O–H groups in total. The number of H-pyrrole nitrogens is 1. The SMILES string of the molecule is O=S(=O)(Nc1cc(Cl)ccc1C#CCCO)c1cn[nH]c1. The number of nitrogens with one attached hydrogen (secondary N) is 2. The van der Waals surface area contributed by atoms with Crippen molar-refractivity contribution >= 4 is 27.3 Å². The monoisotopic (exact) mass is 325 g/mol. The van der Waals surface area contributed by atoms with Crippen LogP contribution >= 0.6 is 11.6 Å².